The Hall–Kier alpha value is -0.120. The van der Waals surface area contributed by atoms with Crippen LogP contribution >= 0.6 is 0 Å². The lowest BCUT2D eigenvalue weighted by Gasteiger charge is -2.39. The molecule has 0 spiro atoms. The van der Waals surface area contributed by atoms with Gasteiger partial charge >= 0.3 is 0 Å². The van der Waals surface area contributed by atoms with E-state index in [1.165, 1.54) is 38.5 Å². The van der Waals surface area contributed by atoms with Gasteiger partial charge in [-0.3, -0.25) is 0 Å². The zero-order chi connectivity index (χ0) is 14.4. The Kier molecular flexibility index (Phi) is 6.79. The van der Waals surface area contributed by atoms with Gasteiger partial charge in [0.05, 0.1) is 6.10 Å². The van der Waals surface area contributed by atoms with Crippen LogP contribution in [0.5, 0.6) is 0 Å². The van der Waals surface area contributed by atoms with E-state index in [4.69, 9.17) is 0 Å². The zero-order valence-electron chi connectivity index (χ0n) is 13.5. The summed E-state index contributed by atoms with van der Waals surface area (Å²) in [5.74, 6) is 1.55. The molecule has 20 heavy (non-hydrogen) atoms. The second kappa shape index (κ2) is 8.35. The highest BCUT2D eigenvalue weighted by Gasteiger charge is 2.29. The van der Waals surface area contributed by atoms with Crippen molar-refractivity contribution in [2.24, 2.45) is 11.8 Å². The highest BCUT2D eigenvalue weighted by Crippen LogP contribution is 2.29. The van der Waals surface area contributed by atoms with Crippen molar-refractivity contribution in [2.75, 3.05) is 26.2 Å². The molecule has 1 saturated heterocycles. The van der Waals surface area contributed by atoms with Crippen LogP contribution < -0.4 is 5.32 Å². The normalized spacial score (nSPS) is 30.8. The Bertz CT molecular complexity index is 266. The van der Waals surface area contributed by atoms with E-state index < -0.39 is 0 Å². The minimum atomic E-state index is -0.105. The van der Waals surface area contributed by atoms with E-state index in [-0.39, 0.29) is 6.10 Å². The molecule has 3 atom stereocenters. The van der Waals surface area contributed by atoms with E-state index in [9.17, 15) is 5.11 Å². The quantitative estimate of drug-likeness (QED) is 0.753. The molecule has 0 amide bonds. The fourth-order valence-corrected chi connectivity index (χ4v) is 4.22. The molecule has 1 aliphatic carbocycles. The maximum absolute atomic E-state index is 10.3. The lowest BCUT2D eigenvalue weighted by Crippen LogP contribution is -2.50. The number of piperidine rings is 1. The van der Waals surface area contributed by atoms with Crippen molar-refractivity contribution < 1.29 is 5.11 Å². The Labute approximate surface area is 125 Å². The van der Waals surface area contributed by atoms with E-state index in [0.29, 0.717) is 6.04 Å². The lowest BCUT2D eigenvalue weighted by atomic mass is 9.89. The van der Waals surface area contributed by atoms with Crippen molar-refractivity contribution in [1.82, 2.24) is 10.2 Å². The van der Waals surface area contributed by atoms with Crippen molar-refractivity contribution in [1.29, 1.82) is 0 Å². The molecule has 0 aromatic rings. The van der Waals surface area contributed by atoms with E-state index >= 15 is 0 Å². The van der Waals surface area contributed by atoms with Gasteiger partial charge < -0.3 is 15.3 Å². The molecule has 1 saturated carbocycles. The lowest BCUT2D eigenvalue weighted by molar-refractivity contribution is 0.0581. The van der Waals surface area contributed by atoms with Gasteiger partial charge in [-0.1, -0.05) is 46.0 Å². The number of hydrogen-bond acceptors (Lipinski definition) is 3. The summed E-state index contributed by atoms with van der Waals surface area (Å²) in [6.07, 6.45) is 8.85. The number of aliphatic hydroxyl groups is 1. The molecular formula is C17H34N2O. The second-order valence-corrected chi connectivity index (χ2v) is 6.92. The third kappa shape index (κ3) is 4.71. The molecule has 0 bridgehead atoms. The summed E-state index contributed by atoms with van der Waals surface area (Å²) < 4.78 is 0. The summed E-state index contributed by atoms with van der Waals surface area (Å²) in [6, 6.07) is 0.688. The van der Waals surface area contributed by atoms with Crippen molar-refractivity contribution in [2.45, 2.75) is 70.9 Å². The molecular weight excluding hydrogens is 248 g/mol. The van der Waals surface area contributed by atoms with Crippen LogP contribution in [-0.4, -0.2) is 48.3 Å². The molecule has 1 heterocycles. The molecule has 0 aromatic heterocycles. The van der Waals surface area contributed by atoms with Gasteiger partial charge in [-0.15, -0.1) is 0 Å². The van der Waals surface area contributed by atoms with E-state index in [1.54, 1.807) is 0 Å². The average Bonchev–Trinajstić information content (AvgIpc) is 2.93. The largest absolute Gasteiger partial charge is 0.392 e. The molecule has 2 aliphatic rings. The first-order chi connectivity index (χ1) is 9.72. The number of nitrogens with one attached hydrogen (secondary N) is 1. The first kappa shape index (κ1) is 16.3. The van der Waals surface area contributed by atoms with Gasteiger partial charge in [0.1, 0.15) is 0 Å². The van der Waals surface area contributed by atoms with E-state index in [0.717, 1.165) is 44.4 Å². The maximum atomic E-state index is 10.3. The van der Waals surface area contributed by atoms with Crippen molar-refractivity contribution in [3.63, 3.8) is 0 Å². The van der Waals surface area contributed by atoms with Crippen LogP contribution in [0, 0.1) is 11.8 Å². The van der Waals surface area contributed by atoms with E-state index in [2.05, 4.69) is 24.1 Å². The number of hydrogen-bond donors (Lipinski definition) is 2. The summed E-state index contributed by atoms with van der Waals surface area (Å²) >= 11 is 0. The molecule has 2 N–H and O–H groups in total. The van der Waals surface area contributed by atoms with Gasteiger partial charge in [0.2, 0.25) is 0 Å². The fourth-order valence-electron chi connectivity index (χ4n) is 4.22. The van der Waals surface area contributed by atoms with Gasteiger partial charge in [0.15, 0.2) is 0 Å². The van der Waals surface area contributed by atoms with Crippen LogP contribution in [0.4, 0.5) is 0 Å². The molecule has 3 unspecified atom stereocenters. The topological polar surface area (TPSA) is 35.5 Å². The van der Waals surface area contributed by atoms with Crippen molar-refractivity contribution >= 4 is 0 Å². The van der Waals surface area contributed by atoms with Gasteiger partial charge in [0.25, 0.3) is 0 Å². The minimum absolute atomic E-state index is 0.105. The van der Waals surface area contributed by atoms with Crippen LogP contribution in [0.2, 0.25) is 0 Å². The Balaban J connectivity index is 1.72. The number of rotatable bonds is 7. The van der Waals surface area contributed by atoms with Crippen LogP contribution in [-0.2, 0) is 0 Å². The Morgan fingerprint density at radius 3 is 2.60 bits per heavy atom. The highest BCUT2D eigenvalue weighted by molar-refractivity contribution is 4.85. The molecule has 1 aliphatic heterocycles. The summed E-state index contributed by atoms with van der Waals surface area (Å²) in [7, 11) is 0. The predicted molar refractivity (Wildman–Crippen MR) is 84.9 cm³/mol. The molecule has 3 nitrogen and oxygen atoms in total. The van der Waals surface area contributed by atoms with Gasteiger partial charge in [-0.05, 0) is 37.8 Å². The predicted octanol–water partition coefficient (Wildman–Crippen LogP) is 2.64. The average molecular weight is 282 g/mol. The van der Waals surface area contributed by atoms with Crippen molar-refractivity contribution in [3.8, 4) is 0 Å². The third-order valence-electron chi connectivity index (χ3n) is 5.36. The van der Waals surface area contributed by atoms with Gasteiger partial charge in [0, 0.05) is 19.1 Å². The van der Waals surface area contributed by atoms with Crippen LogP contribution in [0.3, 0.4) is 0 Å². The van der Waals surface area contributed by atoms with Crippen LogP contribution in [0.25, 0.3) is 0 Å². The van der Waals surface area contributed by atoms with Gasteiger partial charge in [-0.25, -0.2) is 0 Å². The summed E-state index contributed by atoms with van der Waals surface area (Å²) in [5, 5.41) is 14.0. The molecule has 0 radical (unpaired) electrons. The van der Waals surface area contributed by atoms with Crippen LogP contribution in [0.15, 0.2) is 0 Å². The van der Waals surface area contributed by atoms with Crippen LogP contribution in [0.1, 0.15) is 58.8 Å². The standard InChI is InChI=1S/C17H34N2O/c1-3-15-12-19(10-9-17(15)18-4-2)13-16(20)11-14-7-5-6-8-14/h14-18,20H,3-13H2,1-2H3. The van der Waals surface area contributed by atoms with Crippen molar-refractivity contribution in [3.05, 3.63) is 0 Å². The first-order valence-electron chi connectivity index (χ1n) is 8.86. The summed E-state index contributed by atoms with van der Waals surface area (Å²) in [4.78, 5) is 2.50. The first-order valence-corrected chi connectivity index (χ1v) is 8.86. The SMILES string of the molecule is CCNC1CCN(CC(O)CC2CCCC2)CC1CC. The maximum Gasteiger partial charge on any atom is 0.0669 e. The molecule has 2 rings (SSSR count). The number of aliphatic hydroxyl groups excluding tert-OH is 1. The van der Waals surface area contributed by atoms with Gasteiger partial charge in [-0.2, -0.15) is 0 Å². The second-order valence-electron chi connectivity index (χ2n) is 6.92. The summed E-state index contributed by atoms with van der Waals surface area (Å²) in [6.45, 7) is 8.78. The monoisotopic (exact) mass is 282 g/mol. The summed E-state index contributed by atoms with van der Waals surface area (Å²) in [5.41, 5.74) is 0. The number of β-amino-alcohol motifs (C(OH)–C–C–N with tert-alkyl or cyclic N) is 1. The fraction of sp³-hybridized carbons (Fsp3) is 1.00. The third-order valence-corrected chi connectivity index (χ3v) is 5.36. The Morgan fingerprint density at radius 2 is 1.95 bits per heavy atom. The Morgan fingerprint density at radius 1 is 1.20 bits per heavy atom. The molecule has 118 valence electrons. The number of nitrogens with zero attached hydrogens (tertiary/aromatic N) is 1. The highest BCUT2D eigenvalue weighted by atomic mass is 16.3. The minimum Gasteiger partial charge on any atom is -0.392 e. The molecule has 2 fully saturated rings. The van der Waals surface area contributed by atoms with E-state index in [1.807, 2.05) is 0 Å². The zero-order valence-corrected chi connectivity index (χ0v) is 13.5. The smallest absolute Gasteiger partial charge is 0.0669 e. The number of likely N-dealkylation sites (tertiary alicyclic amines) is 1. The molecule has 3 heteroatoms. The molecule has 0 aromatic carbocycles.